The SMILES string of the molecule is NC(=S)c1ccc[n+](C2OC(COP(=O)(O)OP(=O)(O)OCC3OC(n4cnc5c(N)ncnc54)C(O)C3O)C(O)C2[O-])c1. The molecule has 0 spiro atoms. The van der Waals surface area contributed by atoms with Crippen LogP contribution in [0.5, 0.6) is 0 Å². The van der Waals surface area contributed by atoms with Gasteiger partial charge in [-0.15, -0.1) is 0 Å². The van der Waals surface area contributed by atoms with Crippen molar-refractivity contribution in [3.63, 3.8) is 0 Å². The van der Waals surface area contributed by atoms with Crippen molar-refractivity contribution in [2.75, 3.05) is 18.9 Å². The summed E-state index contributed by atoms with van der Waals surface area (Å²) < 4.78 is 52.1. The van der Waals surface area contributed by atoms with Gasteiger partial charge in [-0.25, -0.2) is 24.1 Å². The number of hydrogen-bond donors (Lipinski definition) is 7. The second kappa shape index (κ2) is 12.7. The van der Waals surface area contributed by atoms with Gasteiger partial charge in [0.25, 0.3) is 6.23 Å². The normalized spacial score (nSPS) is 31.6. The number of nitrogens with zero attached hydrogens (tertiary/aromatic N) is 5. The molecular formula is C21H27N7O13P2S. The second-order valence-corrected chi connectivity index (χ2v) is 13.1. The maximum Gasteiger partial charge on any atom is 0.481 e. The van der Waals surface area contributed by atoms with Crippen molar-refractivity contribution in [1.29, 1.82) is 0 Å². The van der Waals surface area contributed by atoms with Gasteiger partial charge in [0.05, 0.1) is 31.2 Å². The minimum Gasteiger partial charge on any atom is -0.843 e. The predicted octanol–water partition coefficient (Wildman–Crippen LogP) is -3.11. The molecule has 0 radical (unpaired) electrons. The molecule has 240 valence electrons. The lowest BCUT2D eigenvalue weighted by atomic mass is 10.1. The van der Waals surface area contributed by atoms with Crippen LogP contribution in [0.25, 0.3) is 11.2 Å². The van der Waals surface area contributed by atoms with Crippen molar-refractivity contribution >= 4 is 49.8 Å². The number of pyridine rings is 1. The van der Waals surface area contributed by atoms with Crippen molar-refractivity contribution < 1.29 is 66.7 Å². The lowest BCUT2D eigenvalue weighted by Crippen LogP contribution is -2.52. The monoisotopic (exact) mass is 679 g/mol. The number of aromatic nitrogens is 5. The summed E-state index contributed by atoms with van der Waals surface area (Å²) in [5, 5.41) is 43.8. The van der Waals surface area contributed by atoms with Crippen LogP contribution in [0.3, 0.4) is 0 Å². The molecule has 10 unspecified atom stereocenters. The fraction of sp³-hybridized carbons (Fsp3) is 0.476. The van der Waals surface area contributed by atoms with Gasteiger partial charge in [0.1, 0.15) is 41.2 Å². The zero-order chi connectivity index (χ0) is 32.0. The summed E-state index contributed by atoms with van der Waals surface area (Å²) in [7, 11) is -10.7. The van der Waals surface area contributed by atoms with Crippen LogP contribution in [0.1, 0.15) is 18.0 Å². The predicted molar refractivity (Wildman–Crippen MR) is 145 cm³/mol. The quantitative estimate of drug-likeness (QED) is 0.0599. The molecule has 3 aromatic heterocycles. The maximum absolute atomic E-state index is 12.6. The topological polar surface area (TPSA) is 304 Å². The number of imidazole rings is 1. The fourth-order valence-corrected chi connectivity index (χ4v) is 6.77. The molecule has 2 aliphatic heterocycles. The highest BCUT2D eigenvalue weighted by Crippen LogP contribution is 2.60. The Morgan fingerprint density at radius 1 is 1.07 bits per heavy atom. The largest absolute Gasteiger partial charge is 0.843 e. The molecule has 2 aliphatic rings. The first kappa shape index (κ1) is 32.8. The number of fused-ring (bicyclic) bond motifs is 1. The average Bonchev–Trinajstić information content (AvgIpc) is 3.61. The van der Waals surface area contributed by atoms with Crippen LogP contribution < -0.4 is 21.1 Å². The van der Waals surface area contributed by atoms with Crippen molar-refractivity contribution in [3.8, 4) is 0 Å². The lowest BCUT2D eigenvalue weighted by Gasteiger charge is -2.22. The highest BCUT2D eigenvalue weighted by atomic mass is 32.1. The van der Waals surface area contributed by atoms with Gasteiger partial charge in [0.15, 0.2) is 30.1 Å². The summed E-state index contributed by atoms with van der Waals surface area (Å²) in [6.07, 6.45) is -6.87. The lowest BCUT2D eigenvalue weighted by molar-refractivity contribution is -0.782. The van der Waals surface area contributed by atoms with Crippen LogP contribution in [0, 0.1) is 0 Å². The molecule has 44 heavy (non-hydrogen) atoms. The molecule has 5 heterocycles. The Bertz CT molecular complexity index is 1630. The number of aliphatic hydroxyl groups excluding tert-OH is 3. The molecule has 0 amide bonds. The smallest absolute Gasteiger partial charge is 0.481 e. The Balaban J connectivity index is 1.16. The van der Waals surface area contributed by atoms with E-state index in [9.17, 15) is 39.3 Å². The van der Waals surface area contributed by atoms with E-state index in [1.54, 1.807) is 6.07 Å². The van der Waals surface area contributed by atoms with E-state index in [0.717, 1.165) is 6.33 Å². The molecule has 0 aromatic carbocycles. The number of aliphatic hydroxyl groups is 3. The molecule has 0 aliphatic carbocycles. The first-order valence-electron chi connectivity index (χ1n) is 12.6. The van der Waals surface area contributed by atoms with Crippen LogP contribution in [0.2, 0.25) is 0 Å². The van der Waals surface area contributed by atoms with Gasteiger partial charge in [-0.2, -0.15) is 8.88 Å². The number of anilines is 1. The van der Waals surface area contributed by atoms with Gasteiger partial charge >= 0.3 is 15.6 Å². The molecule has 2 saturated heterocycles. The zero-order valence-corrected chi connectivity index (χ0v) is 24.8. The van der Waals surface area contributed by atoms with Crippen LogP contribution in [-0.2, 0) is 32.0 Å². The third-order valence-electron chi connectivity index (χ3n) is 6.72. The van der Waals surface area contributed by atoms with Crippen LogP contribution >= 0.6 is 27.9 Å². The summed E-state index contributed by atoms with van der Waals surface area (Å²) in [5.41, 5.74) is 12.1. The van der Waals surface area contributed by atoms with Crippen LogP contribution in [0.15, 0.2) is 37.2 Å². The van der Waals surface area contributed by atoms with E-state index >= 15 is 0 Å². The number of nitrogen functional groups attached to an aromatic ring is 1. The maximum atomic E-state index is 12.6. The third-order valence-corrected chi connectivity index (χ3v) is 9.56. The van der Waals surface area contributed by atoms with Crippen LogP contribution in [-0.4, -0.2) is 99.5 Å². The summed E-state index contributed by atoms with van der Waals surface area (Å²) in [4.78, 5) is 31.9. The molecule has 2 fully saturated rings. The molecule has 0 bridgehead atoms. The Labute approximate surface area is 252 Å². The molecular weight excluding hydrogens is 652 g/mol. The van der Waals surface area contributed by atoms with Gasteiger partial charge in [0, 0.05) is 6.07 Å². The molecule has 0 saturated carbocycles. The standard InChI is InChI=1S/C21H27N7O13P2S/c22-17-12-19(25-7-24-17)28(8-26-12)21-16(32)14(30)11(40-21)6-38-43(35,36)41-42(33,34)37-5-10-13(29)15(31)20(39-10)27-3-1-2-9(4-27)18(23)44/h1-4,7-8,10-11,13-16,20-21,29-30,32H,5-6H2,(H2,23,44)(H,33,34)(H,35,36)(H2,22,24,25). The van der Waals surface area contributed by atoms with E-state index in [1.165, 1.54) is 33.9 Å². The number of phosphoric acid groups is 2. The average molecular weight is 679 g/mol. The molecule has 5 rings (SSSR count). The number of hydrogen-bond acceptors (Lipinski definition) is 16. The number of nitrogens with two attached hydrogens (primary N) is 2. The van der Waals surface area contributed by atoms with Crippen molar-refractivity contribution in [2.24, 2.45) is 5.73 Å². The fourth-order valence-electron chi connectivity index (χ4n) is 4.56. The van der Waals surface area contributed by atoms with Crippen molar-refractivity contribution in [3.05, 3.63) is 42.7 Å². The van der Waals surface area contributed by atoms with Gasteiger partial charge in [-0.05, 0) is 12.2 Å². The Hall–Kier alpha value is -2.59. The van der Waals surface area contributed by atoms with Gasteiger partial charge in [-0.3, -0.25) is 13.6 Å². The first-order valence-corrected chi connectivity index (χ1v) is 16.0. The Morgan fingerprint density at radius 3 is 2.39 bits per heavy atom. The molecule has 10 atom stereocenters. The van der Waals surface area contributed by atoms with E-state index in [0.29, 0.717) is 5.56 Å². The molecule has 9 N–H and O–H groups in total. The van der Waals surface area contributed by atoms with Gasteiger partial charge < -0.3 is 51.2 Å². The summed E-state index contributed by atoms with van der Waals surface area (Å²) >= 11 is 4.91. The van der Waals surface area contributed by atoms with Gasteiger partial charge in [0.2, 0.25) is 0 Å². The Kier molecular flexibility index (Phi) is 9.44. The zero-order valence-electron chi connectivity index (χ0n) is 22.2. The molecule has 23 heteroatoms. The van der Waals surface area contributed by atoms with Crippen molar-refractivity contribution in [1.82, 2.24) is 19.5 Å². The Morgan fingerprint density at radius 2 is 1.73 bits per heavy atom. The van der Waals surface area contributed by atoms with E-state index in [1.807, 2.05) is 0 Å². The van der Waals surface area contributed by atoms with Crippen LogP contribution in [0.4, 0.5) is 5.82 Å². The summed E-state index contributed by atoms with van der Waals surface area (Å²) in [5.74, 6) is 0.0543. The molecule has 20 nitrogen and oxygen atoms in total. The number of phosphoric ester groups is 2. The second-order valence-electron chi connectivity index (χ2n) is 9.66. The van der Waals surface area contributed by atoms with Gasteiger partial charge in [-0.1, -0.05) is 12.2 Å². The highest BCUT2D eigenvalue weighted by molar-refractivity contribution is 7.80. The van der Waals surface area contributed by atoms with E-state index < -0.39 is 77.9 Å². The number of ether oxygens (including phenoxy) is 2. The highest BCUT2D eigenvalue weighted by Gasteiger charge is 2.47. The minimum absolute atomic E-state index is 0.0479. The van der Waals surface area contributed by atoms with Crippen molar-refractivity contribution in [2.45, 2.75) is 49.1 Å². The van der Waals surface area contributed by atoms with E-state index in [2.05, 4.69) is 19.3 Å². The molecule has 3 aromatic rings. The minimum atomic E-state index is -5.36. The third kappa shape index (κ3) is 6.81. The van der Waals surface area contributed by atoms with E-state index in [-0.39, 0.29) is 22.0 Å². The number of thiocarbonyl (C=S) groups is 1. The summed E-state index contributed by atoms with van der Waals surface area (Å²) in [6.45, 7) is -1.79. The first-order chi connectivity index (χ1) is 20.7. The van der Waals surface area contributed by atoms with E-state index in [4.69, 9.17) is 42.2 Å². The number of rotatable bonds is 11. The summed E-state index contributed by atoms with van der Waals surface area (Å²) in [6, 6.07) is 3.13.